The van der Waals surface area contributed by atoms with Gasteiger partial charge in [0.05, 0.1) is 11.7 Å². The number of likely N-dealkylation sites (N-methyl/N-ethyl adjacent to an activating group) is 1. The van der Waals surface area contributed by atoms with Crippen LogP contribution in [0.2, 0.25) is 0 Å². The summed E-state index contributed by atoms with van der Waals surface area (Å²) in [5, 5.41) is 7.12. The van der Waals surface area contributed by atoms with Crippen LogP contribution in [0.25, 0.3) is 0 Å². The maximum Gasteiger partial charge on any atom is 0.256 e. The van der Waals surface area contributed by atoms with Gasteiger partial charge in [-0.15, -0.1) is 0 Å². The number of hydrogen-bond donors (Lipinski definition) is 1. The largest absolute Gasteiger partial charge is 0.360 e. The van der Waals surface area contributed by atoms with Crippen molar-refractivity contribution >= 4 is 5.91 Å². The lowest BCUT2D eigenvalue weighted by molar-refractivity contribution is 0.0883. The van der Waals surface area contributed by atoms with E-state index in [0.29, 0.717) is 23.6 Å². The Bertz CT molecular complexity index is 749. The van der Waals surface area contributed by atoms with Crippen LogP contribution in [0.5, 0.6) is 0 Å². The van der Waals surface area contributed by atoms with Crippen molar-refractivity contribution in [2.75, 3.05) is 39.8 Å². The van der Waals surface area contributed by atoms with Crippen molar-refractivity contribution < 1.29 is 9.32 Å². The highest BCUT2D eigenvalue weighted by Crippen LogP contribution is 2.24. The van der Waals surface area contributed by atoms with Gasteiger partial charge in [-0.05, 0) is 19.5 Å². The molecule has 6 heteroatoms. The fourth-order valence-corrected chi connectivity index (χ4v) is 3.60. The van der Waals surface area contributed by atoms with Gasteiger partial charge in [-0.25, -0.2) is 0 Å². The van der Waals surface area contributed by atoms with Gasteiger partial charge in [0.1, 0.15) is 5.56 Å². The van der Waals surface area contributed by atoms with Crippen molar-refractivity contribution in [2.45, 2.75) is 32.7 Å². The number of rotatable bonds is 6. The molecule has 146 valence electrons. The zero-order valence-electron chi connectivity index (χ0n) is 16.7. The highest BCUT2D eigenvalue weighted by molar-refractivity contribution is 5.96. The Hall–Kier alpha value is -2.18. The molecule has 1 aromatic heterocycles. The molecule has 1 aliphatic rings. The van der Waals surface area contributed by atoms with E-state index in [1.165, 1.54) is 5.56 Å². The quantitative estimate of drug-likeness (QED) is 0.847. The number of aromatic nitrogens is 1. The molecule has 1 saturated heterocycles. The average Bonchev–Trinajstić information content (AvgIpc) is 3.06. The third-order valence-corrected chi connectivity index (χ3v) is 5.26. The first-order valence-corrected chi connectivity index (χ1v) is 9.69. The van der Waals surface area contributed by atoms with Gasteiger partial charge in [0.15, 0.2) is 5.76 Å². The number of carbonyl (C=O) groups excluding carboxylic acids is 1. The highest BCUT2D eigenvalue weighted by Gasteiger charge is 2.27. The van der Waals surface area contributed by atoms with E-state index in [1.54, 1.807) is 0 Å². The first kappa shape index (κ1) is 19.6. The molecule has 1 unspecified atom stereocenters. The molecule has 1 aliphatic heterocycles. The third kappa shape index (κ3) is 4.57. The zero-order valence-corrected chi connectivity index (χ0v) is 16.7. The number of benzene rings is 1. The summed E-state index contributed by atoms with van der Waals surface area (Å²) in [4.78, 5) is 17.7. The Morgan fingerprint density at radius 2 is 1.85 bits per heavy atom. The van der Waals surface area contributed by atoms with E-state index in [9.17, 15) is 4.79 Å². The lowest BCUT2D eigenvalue weighted by Crippen LogP contribution is -2.48. The van der Waals surface area contributed by atoms with Gasteiger partial charge in [-0.3, -0.25) is 9.69 Å². The number of carbonyl (C=O) groups is 1. The fourth-order valence-electron chi connectivity index (χ4n) is 3.60. The molecule has 0 spiro atoms. The van der Waals surface area contributed by atoms with Gasteiger partial charge in [0.25, 0.3) is 5.91 Å². The van der Waals surface area contributed by atoms with Crippen LogP contribution in [0.4, 0.5) is 0 Å². The molecule has 0 radical (unpaired) electrons. The molecule has 0 saturated carbocycles. The Labute approximate surface area is 161 Å². The van der Waals surface area contributed by atoms with Crippen LogP contribution < -0.4 is 5.32 Å². The number of amides is 1. The summed E-state index contributed by atoms with van der Waals surface area (Å²) in [6.45, 7) is 10.5. The van der Waals surface area contributed by atoms with Crippen molar-refractivity contribution in [3.05, 3.63) is 52.9 Å². The standard InChI is InChI=1S/C21H30N4O2/c1-15(2)20-19(16(3)23-27-20)21(26)22-14-18(17-8-6-5-7-9-17)25-12-10-24(4)11-13-25/h5-9,15,18H,10-14H2,1-4H3,(H,22,26). The molecule has 2 aromatic rings. The minimum Gasteiger partial charge on any atom is -0.360 e. The second-order valence-corrected chi connectivity index (χ2v) is 7.64. The molecule has 1 atom stereocenters. The zero-order chi connectivity index (χ0) is 19.4. The van der Waals surface area contributed by atoms with Gasteiger partial charge in [-0.1, -0.05) is 49.3 Å². The molecule has 27 heavy (non-hydrogen) atoms. The highest BCUT2D eigenvalue weighted by atomic mass is 16.5. The third-order valence-electron chi connectivity index (χ3n) is 5.26. The van der Waals surface area contributed by atoms with Crippen LogP contribution in [0.1, 0.15) is 53.2 Å². The first-order valence-electron chi connectivity index (χ1n) is 9.69. The normalized spacial score (nSPS) is 17.2. The SMILES string of the molecule is Cc1noc(C(C)C)c1C(=O)NCC(c1ccccc1)N1CCN(C)CC1. The van der Waals surface area contributed by atoms with Crippen LogP contribution in [-0.2, 0) is 0 Å². The van der Waals surface area contributed by atoms with E-state index >= 15 is 0 Å². The van der Waals surface area contributed by atoms with Crippen molar-refractivity contribution in [1.82, 2.24) is 20.3 Å². The molecule has 1 amide bonds. The first-order chi connectivity index (χ1) is 13.0. The Kier molecular flexibility index (Phi) is 6.29. The van der Waals surface area contributed by atoms with E-state index in [2.05, 4.69) is 51.6 Å². The van der Waals surface area contributed by atoms with Gasteiger partial charge in [0.2, 0.25) is 0 Å². The summed E-state index contributed by atoms with van der Waals surface area (Å²) in [6.07, 6.45) is 0. The molecule has 0 bridgehead atoms. The summed E-state index contributed by atoms with van der Waals surface area (Å²) in [5.41, 5.74) is 2.45. The van der Waals surface area contributed by atoms with Crippen molar-refractivity contribution in [3.8, 4) is 0 Å². The summed E-state index contributed by atoms with van der Waals surface area (Å²) in [7, 11) is 2.15. The van der Waals surface area contributed by atoms with E-state index in [-0.39, 0.29) is 17.9 Å². The predicted molar refractivity (Wildman–Crippen MR) is 106 cm³/mol. The van der Waals surface area contributed by atoms with E-state index in [0.717, 1.165) is 26.2 Å². The molecular weight excluding hydrogens is 340 g/mol. The maximum absolute atomic E-state index is 12.9. The van der Waals surface area contributed by atoms with Crippen molar-refractivity contribution in [2.24, 2.45) is 0 Å². The summed E-state index contributed by atoms with van der Waals surface area (Å²) >= 11 is 0. The number of hydrogen-bond acceptors (Lipinski definition) is 5. The summed E-state index contributed by atoms with van der Waals surface area (Å²) < 4.78 is 5.37. The number of nitrogens with zero attached hydrogens (tertiary/aromatic N) is 3. The lowest BCUT2D eigenvalue weighted by atomic mass is 10.0. The van der Waals surface area contributed by atoms with E-state index in [4.69, 9.17) is 4.52 Å². The smallest absolute Gasteiger partial charge is 0.256 e. The van der Waals surface area contributed by atoms with Gasteiger partial charge < -0.3 is 14.7 Å². The molecule has 6 nitrogen and oxygen atoms in total. The number of piperazine rings is 1. The topological polar surface area (TPSA) is 61.6 Å². The number of nitrogens with one attached hydrogen (secondary N) is 1. The van der Waals surface area contributed by atoms with Crippen LogP contribution in [0.15, 0.2) is 34.9 Å². The Morgan fingerprint density at radius 1 is 1.19 bits per heavy atom. The molecule has 3 rings (SSSR count). The predicted octanol–water partition coefficient (Wildman–Crippen LogP) is 2.82. The fraction of sp³-hybridized carbons (Fsp3) is 0.524. The lowest BCUT2D eigenvalue weighted by Gasteiger charge is -2.38. The average molecular weight is 370 g/mol. The van der Waals surface area contributed by atoms with Crippen molar-refractivity contribution in [1.29, 1.82) is 0 Å². The van der Waals surface area contributed by atoms with E-state index < -0.39 is 0 Å². The molecule has 1 fully saturated rings. The van der Waals surface area contributed by atoms with Gasteiger partial charge >= 0.3 is 0 Å². The molecule has 2 heterocycles. The Morgan fingerprint density at radius 3 is 2.48 bits per heavy atom. The van der Waals surface area contributed by atoms with E-state index in [1.807, 2.05) is 26.8 Å². The van der Waals surface area contributed by atoms with Crippen LogP contribution in [-0.4, -0.2) is 60.6 Å². The van der Waals surface area contributed by atoms with Crippen LogP contribution in [0.3, 0.4) is 0 Å². The monoisotopic (exact) mass is 370 g/mol. The summed E-state index contributed by atoms with van der Waals surface area (Å²) in [5.74, 6) is 0.669. The molecular formula is C21H30N4O2. The van der Waals surface area contributed by atoms with Gasteiger partial charge in [-0.2, -0.15) is 0 Å². The number of aryl methyl sites for hydroxylation is 1. The minimum absolute atomic E-state index is 0.104. The van der Waals surface area contributed by atoms with Crippen molar-refractivity contribution in [3.63, 3.8) is 0 Å². The molecule has 1 aromatic carbocycles. The second kappa shape index (κ2) is 8.67. The van der Waals surface area contributed by atoms with Crippen LogP contribution >= 0.6 is 0 Å². The molecule has 0 aliphatic carbocycles. The second-order valence-electron chi connectivity index (χ2n) is 7.64. The Balaban J connectivity index is 1.75. The summed E-state index contributed by atoms with van der Waals surface area (Å²) in [6, 6.07) is 10.6. The minimum atomic E-state index is -0.104. The van der Waals surface area contributed by atoms with Crippen LogP contribution in [0, 0.1) is 6.92 Å². The molecule has 1 N–H and O–H groups in total. The maximum atomic E-state index is 12.9. The van der Waals surface area contributed by atoms with Gasteiger partial charge in [0, 0.05) is 38.6 Å².